The summed E-state index contributed by atoms with van der Waals surface area (Å²) < 4.78 is 48.5. The molecule has 0 saturated carbocycles. The Labute approximate surface area is 71.5 Å². The maximum atomic E-state index is 12.7. The molecule has 0 radical (unpaired) electrons. The van der Waals surface area contributed by atoms with Crippen molar-refractivity contribution in [2.75, 3.05) is 0 Å². The lowest BCUT2D eigenvalue weighted by Gasteiger charge is -2.09. The summed E-state index contributed by atoms with van der Waals surface area (Å²) in [4.78, 5) is -1.63. The summed E-state index contributed by atoms with van der Waals surface area (Å²) in [6, 6.07) is 0. The van der Waals surface area contributed by atoms with Crippen LogP contribution in [0, 0.1) is 0 Å². The highest BCUT2D eigenvalue weighted by atomic mass is 35.5. The van der Waals surface area contributed by atoms with E-state index in [1.54, 1.807) is 0 Å². The summed E-state index contributed by atoms with van der Waals surface area (Å²) in [6.07, 6.45) is -3.46. The minimum atomic E-state index is -4.52. The average Bonchev–Trinajstić information content (AvgIpc) is 2.06. The Kier molecular flexibility index (Phi) is 1.98. The predicted octanol–water partition coefficient (Wildman–Crippen LogP) is 3.34. The molecule has 0 aliphatic heterocycles. The Bertz CT molecular complexity index is 259. The van der Waals surface area contributed by atoms with Gasteiger partial charge in [-0.1, -0.05) is 0 Å². The lowest BCUT2D eigenvalue weighted by Crippen LogP contribution is -2.12. The van der Waals surface area contributed by atoms with Crippen LogP contribution in [0.5, 0.6) is 0 Å². The summed E-state index contributed by atoms with van der Waals surface area (Å²) >= 11 is 5.40. The molecular weight excluding hydrogens is 196 g/mol. The number of allylic oxidation sites excluding steroid dienone is 4. The van der Waals surface area contributed by atoms with E-state index in [1.165, 1.54) is 6.92 Å². The molecule has 0 N–H and O–H groups in total. The van der Waals surface area contributed by atoms with Crippen molar-refractivity contribution in [3.8, 4) is 0 Å². The number of hydrogen-bond donors (Lipinski definition) is 0. The Morgan fingerprint density at radius 3 is 2.08 bits per heavy atom. The molecule has 0 aromatic rings. The van der Waals surface area contributed by atoms with E-state index < -0.39 is 22.5 Å². The molecule has 0 spiro atoms. The number of rotatable bonds is 0. The molecule has 5 heteroatoms. The van der Waals surface area contributed by atoms with Gasteiger partial charge >= 0.3 is 6.18 Å². The van der Waals surface area contributed by atoms with Gasteiger partial charge in [0.15, 0.2) is 0 Å². The minimum absolute atomic E-state index is 0.410. The zero-order chi connectivity index (χ0) is 9.57. The fourth-order valence-corrected chi connectivity index (χ4v) is 1.02. The molecule has 12 heavy (non-hydrogen) atoms. The molecule has 68 valence electrons. The van der Waals surface area contributed by atoms with E-state index in [0.29, 0.717) is 12.2 Å². The second kappa shape index (κ2) is 2.49. The van der Waals surface area contributed by atoms with E-state index >= 15 is 0 Å². The predicted molar refractivity (Wildman–Crippen MR) is 37.6 cm³/mol. The molecular formula is C7H5ClF4. The van der Waals surface area contributed by atoms with Gasteiger partial charge in [0.1, 0.15) is 10.7 Å². The highest BCUT2D eigenvalue weighted by Gasteiger charge is 2.41. The van der Waals surface area contributed by atoms with Crippen molar-refractivity contribution in [2.24, 2.45) is 0 Å². The third kappa shape index (κ3) is 1.63. The topological polar surface area (TPSA) is 0 Å². The first kappa shape index (κ1) is 9.58. The first-order valence-corrected chi connectivity index (χ1v) is 3.48. The Hall–Kier alpha value is -0.510. The van der Waals surface area contributed by atoms with Crippen LogP contribution in [0.3, 0.4) is 0 Å². The normalized spacial score (nSPS) is 30.2. The zero-order valence-corrected chi connectivity index (χ0v) is 6.80. The van der Waals surface area contributed by atoms with Crippen molar-refractivity contribution in [3.63, 3.8) is 0 Å². The van der Waals surface area contributed by atoms with Crippen molar-refractivity contribution in [1.82, 2.24) is 0 Å². The van der Waals surface area contributed by atoms with E-state index in [2.05, 4.69) is 0 Å². The molecule has 1 aliphatic rings. The zero-order valence-electron chi connectivity index (χ0n) is 6.04. The van der Waals surface area contributed by atoms with Crippen LogP contribution >= 0.6 is 11.6 Å². The highest BCUT2D eigenvalue weighted by Crippen LogP contribution is 2.41. The first-order valence-electron chi connectivity index (χ1n) is 3.10. The molecule has 0 bridgehead atoms. The fraction of sp³-hybridized carbons (Fsp3) is 0.429. The summed E-state index contributed by atoms with van der Waals surface area (Å²) in [5.74, 6) is -0.975. The van der Waals surface area contributed by atoms with E-state index in [1.807, 2.05) is 0 Å². The van der Waals surface area contributed by atoms with E-state index in [0.717, 1.165) is 0 Å². The van der Waals surface area contributed by atoms with Crippen LogP contribution in [0.4, 0.5) is 17.6 Å². The van der Waals surface area contributed by atoms with Gasteiger partial charge in [-0.05, 0) is 19.1 Å². The Morgan fingerprint density at radius 1 is 1.42 bits per heavy atom. The molecule has 1 rings (SSSR count). The molecule has 0 aromatic heterocycles. The van der Waals surface area contributed by atoms with E-state index in [4.69, 9.17) is 11.6 Å². The Balaban J connectivity index is 3.02. The minimum Gasteiger partial charge on any atom is -0.209 e. The van der Waals surface area contributed by atoms with Gasteiger partial charge in [0.05, 0.1) is 5.57 Å². The smallest absolute Gasteiger partial charge is 0.209 e. The van der Waals surface area contributed by atoms with Gasteiger partial charge in [-0.25, -0.2) is 4.39 Å². The third-order valence-corrected chi connectivity index (χ3v) is 1.79. The largest absolute Gasteiger partial charge is 0.416 e. The van der Waals surface area contributed by atoms with Crippen LogP contribution in [-0.4, -0.2) is 11.1 Å². The highest BCUT2D eigenvalue weighted by molar-refractivity contribution is 6.27. The summed E-state index contributed by atoms with van der Waals surface area (Å²) in [7, 11) is 0. The standard InChI is InChI=1S/C7H5ClF4/c1-6(8)3-4(2-5(6)9)7(10,11)12/h2-3H,1H3. The van der Waals surface area contributed by atoms with Gasteiger partial charge in [-0.3, -0.25) is 0 Å². The number of alkyl halides is 4. The van der Waals surface area contributed by atoms with Crippen LogP contribution in [0.15, 0.2) is 23.6 Å². The van der Waals surface area contributed by atoms with Gasteiger partial charge in [0.25, 0.3) is 0 Å². The molecule has 0 aromatic carbocycles. The van der Waals surface area contributed by atoms with Gasteiger partial charge in [-0.2, -0.15) is 13.2 Å². The molecule has 0 heterocycles. The number of hydrogen-bond acceptors (Lipinski definition) is 0. The van der Waals surface area contributed by atoms with Crippen molar-refractivity contribution in [3.05, 3.63) is 23.6 Å². The first-order chi connectivity index (χ1) is 5.23. The SMILES string of the molecule is CC1(Cl)C=C(C(F)(F)F)C=C1F. The van der Waals surface area contributed by atoms with Crippen LogP contribution in [0.2, 0.25) is 0 Å². The summed E-state index contributed by atoms with van der Waals surface area (Å²) in [6.45, 7) is 1.17. The summed E-state index contributed by atoms with van der Waals surface area (Å²) in [5, 5.41) is 0. The molecule has 1 unspecified atom stereocenters. The second-order valence-corrected chi connectivity index (χ2v) is 3.45. The van der Waals surface area contributed by atoms with Crippen LogP contribution in [0.25, 0.3) is 0 Å². The number of halogens is 5. The van der Waals surface area contributed by atoms with Crippen molar-refractivity contribution in [1.29, 1.82) is 0 Å². The fourth-order valence-electron chi connectivity index (χ4n) is 0.844. The second-order valence-electron chi connectivity index (χ2n) is 2.67. The lowest BCUT2D eigenvalue weighted by atomic mass is 10.2. The molecule has 1 atom stereocenters. The lowest BCUT2D eigenvalue weighted by molar-refractivity contribution is -0.0881. The van der Waals surface area contributed by atoms with E-state index in [-0.39, 0.29) is 0 Å². The van der Waals surface area contributed by atoms with Crippen LogP contribution < -0.4 is 0 Å². The van der Waals surface area contributed by atoms with E-state index in [9.17, 15) is 17.6 Å². The van der Waals surface area contributed by atoms with Gasteiger partial charge < -0.3 is 0 Å². The molecule has 0 amide bonds. The molecule has 1 aliphatic carbocycles. The quantitative estimate of drug-likeness (QED) is 0.416. The molecule has 0 fully saturated rings. The van der Waals surface area contributed by atoms with Gasteiger partial charge in [0.2, 0.25) is 0 Å². The van der Waals surface area contributed by atoms with Crippen LogP contribution in [0.1, 0.15) is 6.92 Å². The maximum absolute atomic E-state index is 12.7. The molecule has 0 nitrogen and oxygen atoms in total. The van der Waals surface area contributed by atoms with Crippen LogP contribution in [-0.2, 0) is 0 Å². The van der Waals surface area contributed by atoms with Gasteiger partial charge in [-0.15, -0.1) is 11.6 Å². The monoisotopic (exact) mass is 200 g/mol. The summed E-state index contributed by atoms with van der Waals surface area (Å²) in [5.41, 5.74) is -1.03. The van der Waals surface area contributed by atoms with Crippen molar-refractivity contribution < 1.29 is 17.6 Å². The Morgan fingerprint density at radius 2 is 1.92 bits per heavy atom. The third-order valence-electron chi connectivity index (χ3n) is 1.50. The average molecular weight is 201 g/mol. The van der Waals surface area contributed by atoms with Gasteiger partial charge in [0, 0.05) is 0 Å². The molecule has 0 saturated heterocycles. The van der Waals surface area contributed by atoms with Crippen molar-refractivity contribution in [2.45, 2.75) is 18.0 Å². The maximum Gasteiger partial charge on any atom is 0.416 e. The van der Waals surface area contributed by atoms with Crippen molar-refractivity contribution >= 4 is 11.6 Å².